The highest BCUT2D eigenvalue weighted by Gasteiger charge is 2.21. The molecule has 2 N–H and O–H groups in total. The molecule has 0 radical (unpaired) electrons. The lowest BCUT2D eigenvalue weighted by molar-refractivity contribution is 0.506. The van der Waals surface area contributed by atoms with Gasteiger partial charge in [0.1, 0.15) is 0 Å². The van der Waals surface area contributed by atoms with E-state index < -0.39 is 0 Å². The normalized spacial score (nSPS) is 11.4. The van der Waals surface area contributed by atoms with Crippen LogP contribution in [0.3, 0.4) is 0 Å². The molecule has 0 bridgehead atoms. The summed E-state index contributed by atoms with van der Waals surface area (Å²) in [5, 5.41) is 0.815. The lowest BCUT2D eigenvalue weighted by atomic mass is 10.0. The summed E-state index contributed by atoms with van der Waals surface area (Å²) in [5.74, 6) is 0.600. The van der Waals surface area contributed by atoms with Crippen LogP contribution in [-0.2, 0) is 6.54 Å². The Morgan fingerprint density at radius 2 is 1.84 bits per heavy atom. The second-order valence-electron chi connectivity index (χ2n) is 5.47. The van der Waals surface area contributed by atoms with Gasteiger partial charge < -0.3 is 10.6 Å². The molecule has 0 aliphatic carbocycles. The van der Waals surface area contributed by atoms with Gasteiger partial charge in [-0.2, -0.15) is 0 Å². The number of rotatable bonds is 7. The molecule has 108 valence electrons. The van der Waals surface area contributed by atoms with E-state index >= 15 is 0 Å². The molecule has 0 aliphatic heterocycles. The highest BCUT2D eigenvalue weighted by Crippen LogP contribution is 2.33. The van der Waals surface area contributed by atoms with Gasteiger partial charge >= 0.3 is 0 Å². The van der Waals surface area contributed by atoms with Crippen molar-refractivity contribution in [2.45, 2.75) is 53.1 Å². The number of hydrogen-bond acceptors (Lipinski definition) is 2. The van der Waals surface area contributed by atoms with E-state index in [-0.39, 0.29) is 0 Å². The first-order valence-corrected chi connectivity index (χ1v) is 7.66. The number of nitrogens with zero attached hydrogens (tertiary/aromatic N) is 1. The van der Waals surface area contributed by atoms with Gasteiger partial charge in [-0.3, -0.25) is 0 Å². The molecule has 0 aliphatic rings. The van der Waals surface area contributed by atoms with Crippen LogP contribution in [0.25, 0.3) is 0 Å². The van der Waals surface area contributed by atoms with Crippen LogP contribution in [0.1, 0.15) is 46.1 Å². The summed E-state index contributed by atoms with van der Waals surface area (Å²) in [7, 11) is 0. The second kappa shape index (κ2) is 7.76. The maximum atomic E-state index is 6.45. The monoisotopic (exact) mass is 282 g/mol. The number of anilines is 1. The maximum Gasteiger partial charge on any atom is 0.0643 e. The van der Waals surface area contributed by atoms with Crippen molar-refractivity contribution in [3.63, 3.8) is 0 Å². The quantitative estimate of drug-likeness (QED) is 0.800. The van der Waals surface area contributed by atoms with Crippen molar-refractivity contribution in [3.05, 3.63) is 28.8 Å². The third-order valence-corrected chi connectivity index (χ3v) is 3.83. The average Bonchev–Trinajstić information content (AvgIpc) is 2.38. The Morgan fingerprint density at radius 1 is 1.21 bits per heavy atom. The summed E-state index contributed by atoms with van der Waals surface area (Å²) in [4.78, 5) is 2.45. The number of halogens is 1. The zero-order chi connectivity index (χ0) is 14.4. The van der Waals surface area contributed by atoms with E-state index in [2.05, 4.69) is 38.7 Å². The van der Waals surface area contributed by atoms with Crippen molar-refractivity contribution in [3.8, 4) is 0 Å². The number of nitrogens with two attached hydrogens (primary N) is 1. The molecule has 0 unspecified atom stereocenters. The zero-order valence-electron chi connectivity index (χ0n) is 12.6. The molecule has 0 atom stereocenters. The average molecular weight is 283 g/mol. The van der Waals surface area contributed by atoms with Crippen molar-refractivity contribution in [1.29, 1.82) is 0 Å². The van der Waals surface area contributed by atoms with Crippen molar-refractivity contribution in [2.75, 3.05) is 11.4 Å². The fraction of sp³-hybridized carbons (Fsp3) is 0.625. The molecular weight excluding hydrogens is 256 g/mol. The molecule has 1 rings (SSSR count). The first kappa shape index (κ1) is 16.3. The standard InChI is InChI=1S/C16H27ClN2/c1-5-14(6-2)19(11-12(3)4)16-13(10-18)8-7-9-15(16)17/h7-9,12,14H,5-6,10-11,18H2,1-4H3. The summed E-state index contributed by atoms with van der Waals surface area (Å²) >= 11 is 6.45. The molecule has 0 heterocycles. The predicted molar refractivity (Wildman–Crippen MR) is 85.9 cm³/mol. The van der Waals surface area contributed by atoms with E-state index in [1.165, 1.54) is 0 Å². The number of para-hydroxylation sites is 1. The van der Waals surface area contributed by atoms with Gasteiger partial charge in [-0.15, -0.1) is 0 Å². The summed E-state index contributed by atoms with van der Waals surface area (Å²) in [6.45, 7) is 10.5. The van der Waals surface area contributed by atoms with Crippen LogP contribution < -0.4 is 10.6 Å². The topological polar surface area (TPSA) is 29.3 Å². The number of benzene rings is 1. The van der Waals surface area contributed by atoms with Crippen LogP contribution in [0.15, 0.2) is 18.2 Å². The summed E-state index contributed by atoms with van der Waals surface area (Å²) < 4.78 is 0. The van der Waals surface area contributed by atoms with E-state index in [0.29, 0.717) is 18.5 Å². The third kappa shape index (κ3) is 4.12. The maximum absolute atomic E-state index is 6.45. The van der Waals surface area contributed by atoms with E-state index in [0.717, 1.165) is 35.7 Å². The molecular formula is C16H27ClN2. The first-order valence-electron chi connectivity index (χ1n) is 7.29. The Hall–Kier alpha value is -0.730. The highest BCUT2D eigenvalue weighted by atomic mass is 35.5. The van der Waals surface area contributed by atoms with Crippen molar-refractivity contribution in [1.82, 2.24) is 0 Å². The SMILES string of the molecule is CCC(CC)N(CC(C)C)c1c(Cl)cccc1CN. The molecule has 0 amide bonds. The molecule has 1 aromatic carbocycles. The van der Waals surface area contributed by atoms with Crippen LogP contribution in [0.5, 0.6) is 0 Å². The van der Waals surface area contributed by atoms with Crippen LogP contribution in [0.4, 0.5) is 5.69 Å². The summed E-state index contributed by atoms with van der Waals surface area (Å²) in [6, 6.07) is 6.55. The fourth-order valence-corrected chi connectivity index (χ4v) is 2.89. The second-order valence-corrected chi connectivity index (χ2v) is 5.88. The van der Waals surface area contributed by atoms with Crippen LogP contribution >= 0.6 is 11.6 Å². The lowest BCUT2D eigenvalue weighted by Gasteiger charge is -2.36. The molecule has 0 spiro atoms. The van der Waals surface area contributed by atoms with Crippen molar-refractivity contribution in [2.24, 2.45) is 11.7 Å². The molecule has 3 heteroatoms. The van der Waals surface area contributed by atoms with Crippen molar-refractivity contribution < 1.29 is 0 Å². The first-order chi connectivity index (χ1) is 9.04. The molecule has 0 fully saturated rings. The lowest BCUT2D eigenvalue weighted by Crippen LogP contribution is -2.38. The predicted octanol–water partition coefficient (Wildman–Crippen LogP) is 4.45. The molecule has 0 saturated carbocycles. The largest absolute Gasteiger partial charge is 0.367 e. The molecule has 2 nitrogen and oxygen atoms in total. The van der Waals surface area contributed by atoms with E-state index in [4.69, 9.17) is 17.3 Å². The van der Waals surface area contributed by atoms with Gasteiger partial charge in [0.15, 0.2) is 0 Å². The van der Waals surface area contributed by atoms with Gasteiger partial charge in [0.25, 0.3) is 0 Å². The summed E-state index contributed by atoms with van der Waals surface area (Å²) in [6.07, 6.45) is 2.25. The molecule has 1 aromatic rings. The molecule has 0 aromatic heterocycles. The highest BCUT2D eigenvalue weighted by molar-refractivity contribution is 6.33. The van der Waals surface area contributed by atoms with Crippen molar-refractivity contribution >= 4 is 17.3 Å². The minimum absolute atomic E-state index is 0.521. The van der Waals surface area contributed by atoms with E-state index in [1.807, 2.05) is 12.1 Å². The zero-order valence-corrected chi connectivity index (χ0v) is 13.4. The van der Waals surface area contributed by atoms with Crippen LogP contribution in [0, 0.1) is 5.92 Å². The van der Waals surface area contributed by atoms with Gasteiger partial charge in [0, 0.05) is 19.1 Å². The van der Waals surface area contributed by atoms with Gasteiger partial charge in [-0.1, -0.05) is 51.4 Å². The Balaban J connectivity index is 3.23. The van der Waals surface area contributed by atoms with Gasteiger partial charge in [0.2, 0.25) is 0 Å². The van der Waals surface area contributed by atoms with E-state index in [9.17, 15) is 0 Å². The smallest absolute Gasteiger partial charge is 0.0643 e. The third-order valence-electron chi connectivity index (χ3n) is 3.52. The molecule has 19 heavy (non-hydrogen) atoms. The Labute approximate surface area is 122 Å². The Kier molecular flexibility index (Phi) is 6.67. The number of hydrogen-bond donors (Lipinski definition) is 1. The fourth-order valence-electron chi connectivity index (χ4n) is 2.59. The summed E-state index contributed by atoms with van der Waals surface area (Å²) in [5.41, 5.74) is 8.16. The minimum atomic E-state index is 0.521. The Morgan fingerprint density at radius 3 is 2.32 bits per heavy atom. The van der Waals surface area contributed by atoms with Gasteiger partial charge in [-0.25, -0.2) is 0 Å². The van der Waals surface area contributed by atoms with E-state index in [1.54, 1.807) is 0 Å². The molecule has 0 saturated heterocycles. The minimum Gasteiger partial charge on any atom is -0.367 e. The van der Waals surface area contributed by atoms with Gasteiger partial charge in [0.05, 0.1) is 10.7 Å². The van der Waals surface area contributed by atoms with Crippen LogP contribution in [-0.4, -0.2) is 12.6 Å². The van der Waals surface area contributed by atoms with Crippen LogP contribution in [0.2, 0.25) is 5.02 Å². The Bertz CT molecular complexity index is 386. The van der Waals surface area contributed by atoms with Gasteiger partial charge in [-0.05, 0) is 30.4 Å².